The molecule has 2 aliphatic rings. The molecule has 0 radical (unpaired) electrons. The van der Waals surface area contributed by atoms with E-state index < -0.39 is 11.2 Å². The van der Waals surface area contributed by atoms with E-state index in [9.17, 15) is 9.59 Å². The summed E-state index contributed by atoms with van der Waals surface area (Å²) < 4.78 is 11.4. The molecule has 0 aliphatic carbocycles. The van der Waals surface area contributed by atoms with Gasteiger partial charge in [0.1, 0.15) is 5.41 Å². The number of amides is 2. The summed E-state index contributed by atoms with van der Waals surface area (Å²) in [7, 11) is 0. The molecule has 148 valence electrons. The van der Waals surface area contributed by atoms with E-state index in [1.807, 2.05) is 24.3 Å². The van der Waals surface area contributed by atoms with E-state index in [1.54, 1.807) is 18.7 Å². The van der Waals surface area contributed by atoms with Crippen LogP contribution in [-0.4, -0.2) is 48.8 Å². The Kier molecular flexibility index (Phi) is 5.58. The van der Waals surface area contributed by atoms with Crippen molar-refractivity contribution in [2.24, 2.45) is 5.41 Å². The van der Waals surface area contributed by atoms with Gasteiger partial charge in [0.05, 0.1) is 13.2 Å². The van der Waals surface area contributed by atoms with E-state index in [1.165, 1.54) is 0 Å². The number of likely N-dealkylation sites (tertiary alicyclic amines) is 1. The van der Waals surface area contributed by atoms with Gasteiger partial charge in [0.2, 0.25) is 11.8 Å². The highest BCUT2D eigenvalue weighted by Gasteiger charge is 2.45. The molecule has 2 fully saturated rings. The second-order valence-electron chi connectivity index (χ2n) is 8.22. The van der Waals surface area contributed by atoms with Crippen LogP contribution in [0, 0.1) is 5.41 Å². The number of carbonyl (C=O) groups is 2. The van der Waals surface area contributed by atoms with Crippen LogP contribution in [-0.2, 0) is 19.1 Å². The predicted molar refractivity (Wildman–Crippen MR) is 103 cm³/mol. The van der Waals surface area contributed by atoms with Gasteiger partial charge in [-0.05, 0) is 31.4 Å². The largest absolute Gasteiger partial charge is 0.347 e. The molecule has 1 aromatic carbocycles. The number of benzene rings is 1. The van der Waals surface area contributed by atoms with Crippen molar-refractivity contribution in [3.8, 4) is 0 Å². The fraction of sp³-hybridized carbons (Fsp3) is 0.619. The topological polar surface area (TPSA) is 67.9 Å². The number of nitrogens with one attached hydrogen (secondary N) is 1. The zero-order valence-electron chi connectivity index (χ0n) is 16.7. The first kappa shape index (κ1) is 19.8. The Morgan fingerprint density at radius 3 is 2.30 bits per heavy atom. The van der Waals surface area contributed by atoms with Gasteiger partial charge in [-0.3, -0.25) is 9.59 Å². The highest BCUT2D eigenvalue weighted by atomic mass is 16.7. The molecule has 27 heavy (non-hydrogen) atoms. The normalized spacial score (nSPS) is 19.5. The standard InChI is InChI=1S/C21H30N2O4/c1-15(2)16-7-5-6-8-17(16)22-18(24)20(3,4)19(25)23-11-9-21(10-12-23)26-13-14-27-21/h5-8,15H,9-14H2,1-4H3,(H,22,24). The third kappa shape index (κ3) is 4.01. The summed E-state index contributed by atoms with van der Waals surface area (Å²) in [5.41, 5.74) is 0.680. The highest BCUT2D eigenvalue weighted by molar-refractivity contribution is 6.10. The lowest BCUT2D eigenvalue weighted by molar-refractivity contribution is -0.189. The molecule has 6 nitrogen and oxygen atoms in total. The minimum absolute atomic E-state index is 0.158. The quantitative estimate of drug-likeness (QED) is 0.822. The first-order chi connectivity index (χ1) is 12.8. The van der Waals surface area contributed by atoms with Crippen molar-refractivity contribution in [3.63, 3.8) is 0 Å². The van der Waals surface area contributed by atoms with Gasteiger partial charge < -0.3 is 19.7 Å². The van der Waals surface area contributed by atoms with Crippen molar-refractivity contribution in [2.45, 2.75) is 52.2 Å². The Labute approximate surface area is 161 Å². The second-order valence-corrected chi connectivity index (χ2v) is 8.22. The van der Waals surface area contributed by atoms with Crippen molar-refractivity contribution < 1.29 is 19.1 Å². The van der Waals surface area contributed by atoms with Crippen molar-refractivity contribution >= 4 is 17.5 Å². The van der Waals surface area contributed by atoms with E-state index in [2.05, 4.69) is 19.2 Å². The van der Waals surface area contributed by atoms with E-state index >= 15 is 0 Å². The van der Waals surface area contributed by atoms with Crippen LogP contribution in [0.1, 0.15) is 52.0 Å². The van der Waals surface area contributed by atoms with E-state index in [4.69, 9.17) is 9.47 Å². The van der Waals surface area contributed by atoms with Gasteiger partial charge in [-0.1, -0.05) is 32.0 Å². The Hall–Kier alpha value is -1.92. The molecule has 6 heteroatoms. The SMILES string of the molecule is CC(C)c1ccccc1NC(=O)C(C)(C)C(=O)N1CCC2(CC1)OCCO2. The maximum absolute atomic E-state index is 13.1. The van der Waals surface area contributed by atoms with Crippen LogP contribution >= 0.6 is 0 Å². The number of hydrogen-bond donors (Lipinski definition) is 1. The number of hydrogen-bond acceptors (Lipinski definition) is 4. The molecular formula is C21H30N2O4. The fourth-order valence-corrected chi connectivity index (χ4v) is 3.72. The van der Waals surface area contributed by atoms with E-state index in [0.717, 1.165) is 11.3 Å². The summed E-state index contributed by atoms with van der Waals surface area (Å²) in [5, 5.41) is 2.96. The number of anilines is 1. The number of para-hydroxylation sites is 1. The first-order valence-electron chi connectivity index (χ1n) is 9.73. The molecule has 1 N–H and O–H groups in total. The lowest BCUT2D eigenvalue weighted by Crippen LogP contribution is -2.53. The van der Waals surface area contributed by atoms with E-state index in [-0.39, 0.29) is 17.7 Å². The molecule has 0 aromatic heterocycles. The Bertz CT molecular complexity index is 698. The molecule has 2 heterocycles. The number of rotatable bonds is 4. The Balaban J connectivity index is 1.66. The van der Waals surface area contributed by atoms with Crippen LogP contribution < -0.4 is 5.32 Å². The minimum Gasteiger partial charge on any atom is -0.347 e. The lowest BCUT2D eigenvalue weighted by atomic mass is 9.88. The average Bonchev–Trinajstić information content (AvgIpc) is 3.10. The molecule has 0 saturated carbocycles. The van der Waals surface area contributed by atoms with Gasteiger partial charge in [-0.25, -0.2) is 0 Å². The van der Waals surface area contributed by atoms with Gasteiger partial charge in [-0.15, -0.1) is 0 Å². The highest BCUT2D eigenvalue weighted by Crippen LogP contribution is 2.33. The van der Waals surface area contributed by atoms with Crippen LogP contribution in [0.5, 0.6) is 0 Å². The molecule has 0 atom stereocenters. The molecule has 2 saturated heterocycles. The summed E-state index contributed by atoms with van der Waals surface area (Å²) in [6.45, 7) is 9.84. The zero-order valence-corrected chi connectivity index (χ0v) is 16.7. The Morgan fingerprint density at radius 2 is 1.70 bits per heavy atom. The summed E-state index contributed by atoms with van der Waals surface area (Å²) >= 11 is 0. The maximum atomic E-state index is 13.1. The van der Waals surface area contributed by atoms with E-state index in [0.29, 0.717) is 39.1 Å². The van der Waals surface area contributed by atoms with Gasteiger partial charge >= 0.3 is 0 Å². The van der Waals surface area contributed by atoms with Gasteiger partial charge in [0.15, 0.2) is 5.79 Å². The van der Waals surface area contributed by atoms with Crippen LogP contribution in [0.4, 0.5) is 5.69 Å². The van der Waals surface area contributed by atoms with Crippen molar-refractivity contribution in [2.75, 3.05) is 31.6 Å². The van der Waals surface area contributed by atoms with Gasteiger partial charge in [0, 0.05) is 31.6 Å². The van der Waals surface area contributed by atoms with Crippen LogP contribution in [0.15, 0.2) is 24.3 Å². The molecule has 0 unspecified atom stereocenters. The maximum Gasteiger partial charge on any atom is 0.239 e. The van der Waals surface area contributed by atoms with Gasteiger partial charge in [0.25, 0.3) is 0 Å². The third-order valence-electron chi connectivity index (χ3n) is 5.56. The molecule has 0 bridgehead atoms. The molecule has 1 aromatic rings. The summed E-state index contributed by atoms with van der Waals surface area (Å²) in [6.07, 6.45) is 1.29. The van der Waals surface area contributed by atoms with Crippen molar-refractivity contribution in [3.05, 3.63) is 29.8 Å². The number of ether oxygens (including phenoxy) is 2. The number of piperidine rings is 1. The van der Waals surface area contributed by atoms with Crippen LogP contribution in [0.3, 0.4) is 0 Å². The minimum atomic E-state index is -1.15. The monoisotopic (exact) mass is 374 g/mol. The Morgan fingerprint density at radius 1 is 1.11 bits per heavy atom. The summed E-state index contributed by atoms with van der Waals surface area (Å²) in [4.78, 5) is 27.7. The van der Waals surface area contributed by atoms with Crippen molar-refractivity contribution in [1.82, 2.24) is 4.90 Å². The fourth-order valence-electron chi connectivity index (χ4n) is 3.72. The average molecular weight is 374 g/mol. The molecule has 2 amide bonds. The smallest absolute Gasteiger partial charge is 0.239 e. The molecular weight excluding hydrogens is 344 g/mol. The summed E-state index contributed by atoms with van der Waals surface area (Å²) in [5.74, 6) is -0.687. The predicted octanol–water partition coefficient (Wildman–Crippen LogP) is 3.14. The summed E-state index contributed by atoms with van der Waals surface area (Å²) in [6, 6.07) is 7.73. The zero-order chi connectivity index (χ0) is 19.7. The van der Waals surface area contributed by atoms with Gasteiger partial charge in [-0.2, -0.15) is 0 Å². The number of carbonyl (C=O) groups excluding carboxylic acids is 2. The molecule has 1 spiro atoms. The third-order valence-corrected chi connectivity index (χ3v) is 5.56. The second kappa shape index (κ2) is 7.60. The number of nitrogens with zero attached hydrogens (tertiary/aromatic N) is 1. The van der Waals surface area contributed by atoms with Crippen LogP contribution in [0.2, 0.25) is 0 Å². The molecule has 2 aliphatic heterocycles. The lowest BCUT2D eigenvalue weighted by Gasteiger charge is -2.40. The first-order valence-corrected chi connectivity index (χ1v) is 9.73. The molecule has 3 rings (SSSR count). The van der Waals surface area contributed by atoms with Crippen molar-refractivity contribution in [1.29, 1.82) is 0 Å². The van der Waals surface area contributed by atoms with Crippen LogP contribution in [0.25, 0.3) is 0 Å².